The molecule has 0 bridgehead atoms. The second-order valence-corrected chi connectivity index (χ2v) is 5.34. The minimum absolute atomic E-state index is 0.349. The van der Waals surface area contributed by atoms with Gasteiger partial charge in [-0.05, 0) is 36.0 Å². The number of nitriles is 1. The average Bonchev–Trinajstić information content (AvgIpc) is 2.30. The molecule has 0 unspecified atom stereocenters. The number of halogens is 1. The maximum Gasteiger partial charge on any atom is 0.147 e. The van der Waals surface area contributed by atoms with Crippen LogP contribution in [-0.2, 0) is 0 Å². The van der Waals surface area contributed by atoms with E-state index in [1.54, 1.807) is 12.1 Å². The lowest BCUT2D eigenvalue weighted by Gasteiger charge is -2.25. The Labute approximate surface area is 109 Å². The number of nitrogens with zero attached hydrogens (tertiary/aromatic N) is 1. The number of benzene rings is 1. The highest BCUT2D eigenvalue weighted by molar-refractivity contribution is 5.48. The van der Waals surface area contributed by atoms with Crippen LogP contribution in [0.25, 0.3) is 0 Å². The summed E-state index contributed by atoms with van der Waals surface area (Å²) in [7, 11) is 0. The molecule has 0 heterocycles. The zero-order chi connectivity index (χ0) is 13.7. The van der Waals surface area contributed by atoms with Gasteiger partial charge < -0.3 is 5.32 Å². The Hall–Kier alpha value is -1.56. The summed E-state index contributed by atoms with van der Waals surface area (Å²) in [6.07, 6.45) is 0. The molecule has 0 saturated heterocycles. The highest BCUT2D eigenvalue weighted by Gasteiger charge is 2.17. The predicted molar refractivity (Wildman–Crippen MR) is 72.8 cm³/mol. The largest absolute Gasteiger partial charge is 0.382 e. The van der Waals surface area contributed by atoms with Gasteiger partial charge in [0.15, 0.2) is 0 Å². The van der Waals surface area contributed by atoms with Crippen molar-refractivity contribution in [3.8, 4) is 6.07 Å². The van der Waals surface area contributed by atoms with Gasteiger partial charge in [-0.1, -0.05) is 27.7 Å². The van der Waals surface area contributed by atoms with Gasteiger partial charge in [0, 0.05) is 6.54 Å². The Morgan fingerprint density at radius 1 is 1.22 bits per heavy atom. The molecule has 1 aromatic rings. The molecular weight excluding hydrogens is 227 g/mol. The van der Waals surface area contributed by atoms with Crippen molar-refractivity contribution in [2.75, 3.05) is 11.9 Å². The van der Waals surface area contributed by atoms with Crippen LogP contribution in [0.15, 0.2) is 18.2 Å². The van der Waals surface area contributed by atoms with Crippen LogP contribution in [0.1, 0.15) is 33.3 Å². The van der Waals surface area contributed by atoms with Gasteiger partial charge in [0.1, 0.15) is 5.82 Å². The molecule has 0 aliphatic rings. The normalized spacial score (nSPS) is 11.1. The predicted octanol–water partition coefficient (Wildman–Crippen LogP) is 4.04. The van der Waals surface area contributed by atoms with Crippen LogP contribution in [0, 0.1) is 34.9 Å². The number of rotatable bonds is 5. The molecule has 0 fully saturated rings. The van der Waals surface area contributed by atoms with Crippen molar-refractivity contribution in [1.29, 1.82) is 5.26 Å². The van der Waals surface area contributed by atoms with Crippen LogP contribution in [-0.4, -0.2) is 6.54 Å². The molecule has 2 nitrogen and oxygen atoms in total. The Morgan fingerprint density at radius 2 is 1.83 bits per heavy atom. The maximum atomic E-state index is 13.7. The zero-order valence-electron chi connectivity index (χ0n) is 11.5. The van der Waals surface area contributed by atoms with Crippen molar-refractivity contribution >= 4 is 5.69 Å². The number of anilines is 1. The van der Waals surface area contributed by atoms with E-state index in [1.165, 1.54) is 6.07 Å². The Kier molecular flexibility index (Phi) is 5.15. The second kappa shape index (κ2) is 6.39. The fourth-order valence-corrected chi connectivity index (χ4v) is 2.20. The molecule has 3 heteroatoms. The van der Waals surface area contributed by atoms with Gasteiger partial charge in [-0.25, -0.2) is 4.39 Å². The molecule has 0 spiro atoms. The first kappa shape index (κ1) is 14.5. The Bertz CT molecular complexity index is 425. The maximum absolute atomic E-state index is 13.7. The Balaban J connectivity index is 2.71. The van der Waals surface area contributed by atoms with Crippen molar-refractivity contribution in [2.24, 2.45) is 17.8 Å². The molecule has 0 saturated carbocycles. The molecule has 98 valence electrons. The lowest BCUT2D eigenvalue weighted by atomic mass is 9.85. The van der Waals surface area contributed by atoms with E-state index >= 15 is 0 Å². The first-order valence-electron chi connectivity index (χ1n) is 6.39. The highest BCUT2D eigenvalue weighted by Crippen LogP contribution is 2.22. The molecule has 0 aliphatic heterocycles. The quantitative estimate of drug-likeness (QED) is 0.853. The first-order valence-corrected chi connectivity index (χ1v) is 6.39. The summed E-state index contributed by atoms with van der Waals surface area (Å²) in [6, 6.07) is 6.46. The van der Waals surface area contributed by atoms with Crippen LogP contribution in [0.5, 0.6) is 0 Å². The summed E-state index contributed by atoms with van der Waals surface area (Å²) >= 11 is 0. The van der Waals surface area contributed by atoms with Crippen LogP contribution in [0.4, 0.5) is 10.1 Å². The van der Waals surface area contributed by atoms with E-state index in [0.29, 0.717) is 29.0 Å². The summed E-state index contributed by atoms with van der Waals surface area (Å²) in [6.45, 7) is 9.48. The number of nitrogens with one attached hydrogen (secondary N) is 1. The van der Waals surface area contributed by atoms with E-state index in [1.807, 2.05) is 6.07 Å². The minimum Gasteiger partial charge on any atom is -0.382 e. The Morgan fingerprint density at radius 3 is 2.28 bits per heavy atom. The third kappa shape index (κ3) is 3.73. The molecular formula is C15H21FN2. The van der Waals surface area contributed by atoms with Gasteiger partial charge >= 0.3 is 0 Å². The van der Waals surface area contributed by atoms with Crippen LogP contribution in [0.3, 0.4) is 0 Å². The SMILES string of the molecule is CC(C)C(CNc1ccc(C#N)cc1F)C(C)C. The van der Waals surface area contributed by atoms with Gasteiger partial charge in [-0.2, -0.15) is 5.26 Å². The van der Waals surface area contributed by atoms with E-state index in [-0.39, 0.29) is 5.82 Å². The zero-order valence-corrected chi connectivity index (χ0v) is 11.5. The molecule has 0 aromatic heterocycles. The lowest BCUT2D eigenvalue weighted by Crippen LogP contribution is -2.24. The van der Waals surface area contributed by atoms with E-state index in [9.17, 15) is 4.39 Å². The van der Waals surface area contributed by atoms with Crippen molar-refractivity contribution in [1.82, 2.24) is 0 Å². The monoisotopic (exact) mass is 248 g/mol. The standard InChI is InChI=1S/C15H21FN2/c1-10(2)13(11(3)4)9-18-15-6-5-12(8-17)7-14(15)16/h5-7,10-11,13,18H,9H2,1-4H3. The summed E-state index contributed by atoms with van der Waals surface area (Å²) in [4.78, 5) is 0. The topological polar surface area (TPSA) is 35.8 Å². The smallest absolute Gasteiger partial charge is 0.147 e. The van der Waals surface area contributed by atoms with Gasteiger partial charge in [0.05, 0.1) is 17.3 Å². The van der Waals surface area contributed by atoms with Crippen LogP contribution in [0.2, 0.25) is 0 Å². The summed E-state index contributed by atoms with van der Waals surface area (Å²) in [5, 5.41) is 11.8. The first-order chi connectivity index (χ1) is 8.45. The van der Waals surface area contributed by atoms with Gasteiger partial charge in [-0.3, -0.25) is 0 Å². The average molecular weight is 248 g/mol. The van der Waals surface area contributed by atoms with E-state index in [2.05, 4.69) is 33.0 Å². The van der Waals surface area contributed by atoms with Crippen LogP contribution < -0.4 is 5.32 Å². The van der Waals surface area contributed by atoms with E-state index < -0.39 is 0 Å². The fraction of sp³-hybridized carbons (Fsp3) is 0.533. The molecule has 0 radical (unpaired) electrons. The summed E-state index contributed by atoms with van der Waals surface area (Å²) in [5.41, 5.74) is 0.822. The number of hydrogen-bond acceptors (Lipinski definition) is 2. The fourth-order valence-electron chi connectivity index (χ4n) is 2.20. The third-order valence-corrected chi connectivity index (χ3v) is 3.34. The van der Waals surface area contributed by atoms with Gasteiger partial charge in [0.25, 0.3) is 0 Å². The molecule has 0 atom stereocenters. The minimum atomic E-state index is -0.361. The number of hydrogen-bond donors (Lipinski definition) is 1. The molecule has 1 aromatic carbocycles. The summed E-state index contributed by atoms with van der Waals surface area (Å²) < 4.78 is 13.7. The van der Waals surface area contributed by atoms with Crippen molar-refractivity contribution in [2.45, 2.75) is 27.7 Å². The van der Waals surface area contributed by atoms with Crippen molar-refractivity contribution in [3.63, 3.8) is 0 Å². The van der Waals surface area contributed by atoms with Crippen LogP contribution >= 0.6 is 0 Å². The molecule has 1 rings (SSSR count). The molecule has 1 N–H and O–H groups in total. The molecule has 18 heavy (non-hydrogen) atoms. The molecule has 0 amide bonds. The van der Waals surface area contributed by atoms with E-state index in [0.717, 1.165) is 6.54 Å². The third-order valence-electron chi connectivity index (χ3n) is 3.34. The van der Waals surface area contributed by atoms with Crippen molar-refractivity contribution in [3.05, 3.63) is 29.6 Å². The van der Waals surface area contributed by atoms with Gasteiger partial charge in [-0.15, -0.1) is 0 Å². The van der Waals surface area contributed by atoms with Gasteiger partial charge in [0.2, 0.25) is 0 Å². The van der Waals surface area contributed by atoms with E-state index in [4.69, 9.17) is 5.26 Å². The molecule has 0 aliphatic carbocycles. The highest BCUT2D eigenvalue weighted by atomic mass is 19.1. The van der Waals surface area contributed by atoms with Crippen molar-refractivity contribution < 1.29 is 4.39 Å². The summed E-state index contributed by atoms with van der Waals surface area (Å²) in [5.74, 6) is 1.25. The second-order valence-electron chi connectivity index (χ2n) is 5.34. The lowest BCUT2D eigenvalue weighted by molar-refractivity contribution is 0.304.